The number of methoxy groups -OCH3 is 1. The van der Waals surface area contributed by atoms with Crippen LogP contribution in [0, 0.1) is 5.92 Å². The van der Waals surface area contributed by atoms with Gasteiger partial charge in [-0.25, -0.2) is 0 Å². The van der Waals surface area contributed by atoms with Crippen molar-refractivity contribution in [1.29, 1.82) is 0 Å². The summed E-state index contributed by atoms with van der Waals surface area (Å²) in [6.07, 6.45) is -0.265. The van der Waals surface area contributed by atoms with Gasteiger partial charge in [-0.05, 0) is 38.5 Å². The summed E-state index contributed by atoms with van der Waals surface area (Å²) in [5.74, 6) is -2.20. The summed E-state index contributed by atoms with van der Waals surface area (Å²) in [5, 5.41) is 26.3. The van der Waals surface area contributed by atoms with Crippen molar-refractivity contribution in [3.63, 3.8) is 0 Å². The van der Waals surface area contributed by atoms with Crippen molar-refractivity contribution in [2.24, 2.45) is 5.92 Å². The third-order valence-electron chi connectivity index (χ3n) is 4.91. The van der Waals surface area contributed by atoms with Crippen LogP contribution >= 0.6 is 0 Å². The van der Waals surface area contributed by atoms with Gasteiger partial charge in [-0.3, -0.25) is 14.7 Å². The fourth-order valence-electron chi connectivity index (χ4n) is 3.81. The molecule has 3 atom stereocenters. The molecule has 1 aromatic heterocycles. The van der Waals surface area contributed by atoms with E-state index in [0.717, 1.165) is 0 Å². The van der Waals surface area contributed by atoms with Crippen LogP contribution in [0.25, 0.3) is 0 Å². The molecule has 0 saturated heterocycles. The molecule has 1 heterocycles. The Morgan fingerprint density at radius 3 is 2.67 bits per heavy atom. The molecule has 0 aliphatic heterocycles. The number of nitrogens with one attached hydrogen (secondary N) is 2. The summed E-state index contributed by atoms with van der Waals surface area (Å²) >= 11 is 0. The van der Waals surface area contributed by atoms with E-state index < -0.39 is 23.4 Å². The molecule has 0 spiro atoms. The van der Waals surface area contributed by atoms with Crippen LogP contribution in [-0.4, -0.2) is 45.2 Å². The number of aromatic hydroxyl groups is 1. The van der Waals surface area contributed by atoms with Crippen molar-refractivity contribution in [2.75, 3.05) is 7.11 Å². The van der Waals surface area contributed by atoms with Crippen LogP contribution in [0.2, 0.25) is 0 Å². The van der Waals surface area contributed by atoms with E-state index in [0.29, 0.717) is 16.8 Å². The molecule has 8 heteroatoms. The van der Waals surface area contributed by atoms with E-state index in [9.17, 15) is 19.8 Å². The number of fused-ring (bicyclic) bond motifs is 1. The van der Waals surface area contributed by atoms with Gasteiger partial charge >= 0.3 is 5.97 Å². The molecule has 8 nitrogen and oxygen atoms in total. The fourth-order valence-corrected chi connectivity index (χ4v) is 3.81. The predicted octanol–water partition coefficient (Wildman–Crippen LogP) is 1.42. The van der Waals surface area contributed by atoms with Crippen LogP contribution in [0.15, 0.2) is 23.0 Å². The zero-order chi connectivity index (χ0) is 19.9. The highest BCUT2D eigenvalue weighted by atomic mass is 16.5. The van der Waals surface area contributed by atoms with Crippen LogP contribution in [0.3, 0.4) is 0 Å². The molecule has 2 aromatic rings. The molecule has 0 fully saturated rings. The maximum atomic E-state index is 12.9. The summed E-state index contributed by atoms with van der Waals surface area (Å²) in [5.41, 5.74) is -0.336. The Morgan fingerprint density at radius 1 is 1.33 bits per heavy atom. The minimum absolute atomic E-state index is 0.0617. The number of ether oxygens (including phenoxy) is 2. The minimum atomic E-state index is -1.44. The molecule has 27 heavy (non-hydrogen) atoms. The molecule has 1 aliphatic carbocycles. The van der Waals surface area contributed by atoms with E-state index in [-0.39, 0.29) is 29.6 Å². The third kappa shape index (κ3) is 3.32. The Kier molecular flexibility index (Phi) is 4.77. The van der Waals surface area contributed by atoms with Gasteiger partial charge in [0.25, 0.3) is 5.56 Å². The van der Waals surface area contributed by atoms with Crippen LogP contribution in [0.5, 0.6) is 11.5 Å². The second-order valence-corrected chi connectivity index (χ2v) is 7.38. The number of hydrogen-bond acceptors (Lipinski definition) is 6. The number of hydrogen-bond donors (Lipinski definition) is 4. The minimum Gasteiger partial charge on any atom is -0.504 e. The van der Waals surface area contributed by atoms with E-state index in [1.807, 2.05) is 0 Å². The molecule has 0 amide bonds. The molecule has 1 aliphatic rings. The smallest absolute Gasteiger partial charge is 0.313 e. The molecule has 0 radical (unpaired) electrons. The standard InChI is InChI=1S/C19H24N2O6/c1-9(2)27-18(24)16-14(10-5-6-12(22)13(7-10)26-4)15-11(8-19(16,3)25)20-21-17(15)23/h5-7,9,14,16,22,25H,8H2,1-4H3,(H2,20,21,23)/t14-,16+,19+/m0/s1. The largest absolute Gasteiger partial charge is 0.504 e. The average Bonchev–Trinajstić information content (AvgIpc) is 2.92. The van der Waals surface area contributed by atoms with Gasteiger partial charge in [-0.15, -0.1) is 0 Å². The molecular formula is C19H24N2O6. The lowest BCUT2D eigenvalue weighted by molar-refractivity contribution is -0.163. The molecule has 3 rings (SSSR count). The maximum absolute atomic E-state index is 12.9. The molecule has 0 unspecified atom stereocenters. The first kappa shape index (κ1) is 19.0. The van der Waals surface area contributed by atoms with Crippen LogP contribution < -0.4 is 10.3 Å². The lowest BCUT2D eigenvalue weighted by Gasteiger charge is -2.40. The second kappa shape index (κ2) is 6.77. The zero-order valence-electron chi connectivity index (χ0n) is 15.7. The summed E-state index contributed by atoms with van der Waals surface area (Å²) in [6.45, 7) is 5.00. The van der Waals surface area contributed by atoms with Crippen LogP contribution in [0.4, 0.5) is 0 Å². The van der Waals surface area contributed by atoms with Gasteiger partial charge in [0.2, 0.25) is 0 Å². The Bertz CT molecular complexity index is 911. The van der Waals surface area contributed by atoms with Crippen molar-refractivity contribution < 1.29 is 24.5 Å². The Labute approximate surface area is 156 Å². The number of carbonyl (C=O) groups excluding carboxylic acids is 1. The van der Waals surface area contributed by atoms with E-state index >= 15 is 0 Å². The van der Waals surface area contributed by atoms with E-state index in [1.165, 1.54) is 13.2 Å². The van der Waals surface area contributed by atoms with Gasteiger partial charge in [0, 0.05) is 23.6 Å². The third-order valence-corrected chi connectivity index (χ3v) is 4.91. The second-order valence-electron chi connectivity index (χ2n) is 7.38. The number of H-pyrrole nitrogens is 2. The van der Waals surface area contributed by atoms with Gasteiger partial charge in [0.15, 0.2) is 11.5 Å². The SMILES string of the molecule is COc1cc([C@H]2c3c([nH][nH]c3=O)C[C@@](C)(O)[C@H]2C(=O)OC(C)C)ccc1O. The lowest BCUT2D eigenvalue weighted by Crippen LogP contribution is -2.50. The highest BCUT2D eigenvalue weighted by Crippen LogP contribution is 2.46. The highest BCUT2D eigenvalue weighted by molar-refractivity contribution is 5.77. The maximum Gasteiger partial charge on any atom is 0.313 e. The average molecular weight is 376 g/mol. The van der Waals surface area contributed by atoms with E-state index in [2.05, 4.69) is 10.2 Å². The first-order chi connectivity index (χ1) is 12.7. The number of esters is 1. The monoisotopic (exact) mass is 376 g/mol. The van der Waals surface area contributed by atoms with Crippen molar-refractivity contribution >= 4 is 5.97 Å². The van der Waals surface area contributed by atoms with Crippen LogP contribution in [0.1, 0.15) is 43.5 Å². The molecule has 0 saturated carbocycles. The van der Waals surface area contributed by atoms with Crippen LogP contribution in [-0.2, 0) is 16.0 Å². The van der Waals surface area contributed by atoms with Gasteiger partial charge in [0.05, 0.1) is 24.7 Å². The van der Waals surface area contributed by atoms with E-state index in [4.69, 9.17) is 9.47 Å². The Balaban J connectivity index is 2.22. The summed E-state index contributed by atoms with van der Waals surface area (Å²) in [7, 11) is 1.41. The van der Waals surface area contributed by atoms with Crippen molar-refractivity contribution in [1.82, 2.24) is 10.2 Å². The molecule has 1 aromatic carbocycles. The first-order valence-electron chi connectivity index (χ1n) is 8.75. The summed E-state index contributed by atoms with van der Waals surface area (Å²) in [6, 6.07) is 4.60. The number of phenolic OH excluding ortho intramolecular Hbond substituents is 1. The number of phenols is 1. The quantitative estimate of drug-likeness (QED) is 0.598. The molecule has 4 N–H and O–H groups in total. The number of carbonyl (C=O) groups is 1. The van der Waals surface area contributed by atoms with Gasteiger partial charge in [-0.1, -0.05) is 6.07 Å². The first-order valence-corrected chi connectivity index (χ1v) is 8.75. The Morgan fingerprint density at radius 2 is 2.04 bits per heavy atom. The fraction of sp³-hybridized carbons (Fsp3) is 0.474. The van der Waals surface area contributed by atoms with Gasteiger partial charge in [0.1, 0.15) is 0 Å². The van der Waals surface area contributed by atoms with Crippen molar-refractivity contribution in [3.05, 3.63) is 45.4 Å². The predicted molar refractivity (Wildman–Crippen MR) is 97.0 cm³/mol. The van der Waals surface area contributed by atoms with Crippen molar-refractivity contribution in [2.45, 2.75) is 44.8 Å². The molecule has 0 bridgehead atoms. The topological polar surface area (TPSA) is 125 Å². The normalized spacial score (nSPS) is 24.5. The summed E-state index contributed by atoms with van der Waals surface area (Å²) in [4.78, 5) is 25.4. The Hall–Kier alpha value is -2.74. The van der Waals surface area contributed by atoms with Gasteiger partial charge in [-0.2, -0.15) is 0 Å². The van der Waals surface area contributed by atoms with E-state index in [1.54, 1.807) is 32.9 Å². The summed E-state index contributed by atoms with van der Waals surface area (Å²) < 4.78 is 10.6. The van der Waals surface area contributed by atoms with Gasteiger partial charge < -0.3 is 24.8 Å². The number of aromatic amines is 2. The van der Waals surface area contributed by atoms with Crippen molar-refractivity contribution in [3.8, 4) is 11.5 Å². The number of aliphatic hydroxyl groups is 1. The highest BCUT2D eigenvalue weighted by Gasteiger charge is 2.51. The molecular weight excluding hydrogens is 352 g/mol. The zero-order valence-corrected chi connectivity index (χ0v) is 15.7. The number of aromatic nitrogens is 2. The molecule has 146 valence electrons. The lowest BCUT2D eigenvalue weighted by atomic mass is 9.66. The number of benzene rings is 1. The number of rotatable bonds is 4.